The lowest BCUT2D eigenvalue weighted by atomic mass is 10.1. The zero-order valence-corrected chi connectivity index (χ0v) is 12.5. The number of hydrogen-bond donors (Lipinski definition) is 2. The molecule has 1 aromatic carbocycles. The minimum Gasteiger partial charge on any atom is -0.325 e. The molecule has 0 saturated heterocycles. The van der Waals surface area contributed by atoms with Gasteiger partial charge in [-0.25, -0.2) is 0 Å². The molecule has 0 saturated carbocycles. The molecule has 0 aliphatic heterocycles. The summed E-state index contributed by atoms with van der Waals surface area (Å²) >= 11 is 1.58. The average Bonchev–Trinajstić information content (AvgIpc) is 2.74. The number of carbonyl (C=O) groups excluding carboxylic acids is 1. The summed E-state index contributed by atoms with van der Waals surface area (Å²) < 4.78 is 0. The van der Waals surface area contributed by atoms with E-state index < -0.39 is 0 Å². The van der Waals surface area contributed by atoms with E-state index in [-0.39, 0.29) is 11.4 Å². The maximum atomic E-state index is 11.8. The third-order valence-electron chi connectivity index (χ3n) is 3.09. The van der Waals surface area contributed by atoms with Gasteiger partial charge in [-0.1, -0.05) is 6.07 Å². The molecule has 3 nitrogen and oxygen atoms in total. The molecule has 1 aliphatic rings. The number of anilines is 1. The highest BCUT2D eigenvalue weighted by Gasteiger charge is 2.13. The largest absolute Gasteiger partial charge is 0.325 e. The SMILES string of the molecule is CC(C)(N)CSCC(=O)Nc1ccc2c(c1)CCC2. The number of fused-ring (bicyclic) bond motifs is 1. The number of carbonyl (C=O) groups is 1. The maximum Gasteiger partial charge on any atom is 0.234 e. The van der Waals surface area contributed by atoms with Crippen molar-refractivity contribution in [3.8, 4) is 0 Å². The van der Waals surface area contributed by atoms with Crippen LogP contribution in [0.15, 0.2) is 18.2 Å². The molecule has 19 heavy (non-hydrogen) atoms. The van der Waals surface area contributed by atoms with Crippen molar-refractivity contribution in [1.82, 2.24) is 0 Å². The fourth-order valence-electron chi connectivity index (χ4n) is 2.25. The minimum atomic E-state index is -0.224. The molecule has 104 valence electrons. The first-order valence-corrected chi connectivity index (χ1v) is 7.88. The number of aryl methyl sites for hydroxylation is 2. The van der Waals surface area contributed by atoms with Crippen LogP contribution in [-0.2, 0) is 17.6 Å². The van der Waals surface area contributed by atoms with E-state index in [1.165, 1.54) is 24.0 Å². The van der Waals surface area contributed by atoms with Crippen molar-refractivity contribution in [2.45, 2.75) is 38.6 Å². The van der Waals surface area contributed by atoms with Crippen LogP contribution in [0.5, 0.6) is 0 Å². The summed E-state index contributed by atoms with van der Waals surface area (Å²) in [5, 5.41) is 2.96. The molecule has 0 bridgehead atoms. The molecule has 3 N–H and O–H groups in total. The second-order valence-electron chi connectivity index (χ2n) is 5.87. The second-order valence-corrected chi connectivity index (χ2v) is 6.85. The van der Waals surface area contributed by atoms with Gasteiger partial charge < -0.3 is 11.1 Å². The van der Waals surface area contributed by atoms with Gasteiger partial charge in [-0.3, -0.25) is 4.79 Å². The van der Waals surface area contributed by atoms with Crippen LogP contribution in [0, 0.1) is 0 Å². The molecule has 0 unspecified atom stereocenters. The Morgan fingerprint density at radius 1 is 1.37 bits per heavy atom. The quantitative estimate of drug-likeness (QED) is 0.870. The number of thioether (sulfide) groups is 1. The van der Waals surface area contributed by atoms with E-state index in [1.807, 2.05) is 19.9 Å². The Labute approximate surface area is 119 Å². The number of rotatable bonds is 5. The van der Waals surface area contributed by atoms with E-state index in [0.717, 1.165) is 17.9 Å². The van der Waals surface area contributed by atoms with Gasteiger partial charge in [-0.15, -0.1) is 0 Å². The topological polar surface area (TPSA) is 55.1 Å². The number of hydrogen-bond acceptors (Lipinski definition) is 3. The molecule has 1 aliphatic carbocycles. The normalized spacial score (nSPS) is 14.3. The van der Waals surface area contributed by atoms with Gasteiger partial charge in [0.1, 0.15) is 0 Å². The summed E-state index contributed by atoms with van der Waals surface area (Å²) in [7, 11) is 0. The molecular formula is C15H22N2OS. The van der Waals surface area contributed by atoms with Gasteiger partial charge in [0.2, 0.25) is 5.91 Å². The molecular weight excluding hydrogens is 256 g/mol. The van der Waals surface area contributed by atoms with Crippen LogP contribution in [-0.4, -0.2) is 23.0 Å². The molecule has 4 heteroatoms. The maximum absolute atomic E-state index is 11.8. The second kappa shape index (κ2) is 5.97. The van der Waals surface area contributed by atoms with Crippen LogP contribution in [0.1, 0.15) is 31.4 Å². The van der Waals surface area contributed by atoms with Gasteiger partial charge in [-0.2, -0.15) is 11.8 Å². The zero-order chi connectivity index (χ0) is 13.9. The predicted molar refractivity (Wildman–Crippen MR) is 82.7 cm³/mol. The van der Waals surface area contributed by atoms with Crippen molar-refractivity contribution >= 4 is 23.4 Å². The van der Waals surface area contributed by atoms with Crippen molar-refractivity contribution in [2.75, 3.05) is 16.8 Å². The first-order valence-electron chi connectivity index (χ1n) is 6.72. The van der Waals surface area contributed by atoms with Crippen LogP contribution in [0.2, 0.25) is 0 Å². The van der Waals surface area contributed by atoms with Gasteiger partial charge in [0.15, 0.2) is 0 Å². The van der Waals surface area contributed by atoms with Gasteiger partial charge in [0, 0.05) is 17.0 Å². The Balaban J connectivity index is 1.82. The lowest BCUT2D eigenvalue weighted by molar-refractivity contribution is -0.113. The van der Waals surface area contributed by atoms with E-state index in [9.17, 15) is 4.79 Å². The van der Waals surface area contributed by atoms with Gasteiger partial charge >= 0.3 is 0 Å². The van der Waals surface area contributed by atoms with Crippen LogP contribution in [0.25, 0.3) is 0 Å². The molecule has 0 spiro atoms. The van der Waals surface area contributed by atoms with Crippen LogP contribution in [0.3, 0.4) is 0 Å². The zero-order valence-electron chi connectivity index (χ0n) is 11.7. The fraction of sp³-hybridized carbons (Fsp3) is 0.533. The predicted octanol–water partition coefficient (Wildman–Crippen LogP) is 2.58. The average molecular weight is 278 g/mol. The van der Waals surface area contributed by atoms with Gasteiger partial charge in [0.05, 0.1) is 5.75 Å². The van der Waals surface area contributed by atoms with Crippen molar-refractivity contribution < 1.29 is 4.79 Å². The fourth-order valence-corrected chi connectivity index (χ4v) is 3.14. The minimum absolute atomic E-state index is 0.0483. The number of nitrogens with two attached hydrogens (primary N) is 1. The lowest BCUT2D eigenvalue weighted by Crippen LogP contribution is -2.35. The number of benzene rings is 1. The van der Waals surface area contributed by atoms with Crippen LogP contribution < -0.4 is 11.1 Å². The van der Waals surface area contributed by atoms with E-state index >= 15 is 0 Å². The Bertz CT molecular complexity index is 466. The van der Waals surface area contributed by atoms with Crippen LogP contribution >= 0.6 is 11.8 Å². The highest BCUT2D eigenvalue weighted by Crippen LogP contribution is 2.25. The molecule has 0 radical (unpaired) electrons. The molecule has 0 fully saturated rings. The summed E-state index contributed by atoms with van der Waals surface area (Å²) in [5.74, 6) is 1.29. The van der Waals surface area contributed by atoms with Gasteiger partial charge in [-0.05, 0) is 56.4 Å². The van der Waals surface area contributed by atoms with E-state index in [4.69, 9.17) is 5.73 Å². The standard InChI is InChI=1S/C15H22N2OS/c1-15(2,16)10-19-9-14(18)17-13-7-6-11-4-3-5-12(11)8-13/h6-8H,3-5,9-10,16H2,1-2H3,(H,17,18). The number of amides is 1. The van der Waals surface area contributed by atoms with Crippen molar-refractivity contribution in [3.05, 3.63) is 29.3 Å². The van der Waals surface area contributed by atoms with Crippen LogP contribution in [0.4, 0.5) is 5.69 Å². The summed E-state index contributed by atoms with van der Waals surface area (Å²) in [6.45, 7) is 3.94. The third-order valence-corrected chi connectivity index (χ3v) is 4.50. The molecule has 0 aromatic heterocycles. The van der Waals surface area contributed by atoms with Crippen molar-refractivity contribution in [2.24, 2.45) is 5.73 Å². The summed E-state index contributed by atoms with van der Waals surface area (Å²) in [5.41, 5.74) is 9.39. The summed E-state index contributed by atoms with van der Waals surface area (Å²) in [4.78, 5) is 11.8. The Morgan fingerprint density at radius 3 is 2.84 bits per heavy atom. The highest BCUT2D eigenvalue weighted by atomic mass is 32.2. The van der Waals surface area contributed by atoms with Crippen molar-refractivity contribution in [1.29, 1.82) is 0 Å². The van der Waals surface area contributed by atoms with E-state index in [1.54, 1.807) is 11.8 Å². The summed E-state index contributed by atoms with van der Waals surface area (Å²) in [6.07, 6.45) is 3.54. The molecule has 1 aromatic rings. The molecule has 2 rings (SSSR count). The number of nitrogens with one attached hydrogen (secondary N) is 1. The third kappa shape index (κ3) is 4.55. The highest BCUT2D eigenvalue weighted by molar-refractivity contribution is 8.00. The van der Waals surface area contributed by atoms with Gasteiger partial charge in [0.25, 0.3) is 0 Å². The molecule has 1 amide bonds. The monoisotopic (exact) mass is 278 g/mol. The Morgan fingerprint density at radius 2 is 2.11 bits per heavy atom. The summed E-state index contributed by atoms with van der Waals surface area (Å²) in [6, 6.07) is 6.24. The smallest absolute Gasteiger partial charge is 0.234 e. The van der Waals surface area contributed by atoms with Crippen molar-refractivity contribution in [3.63, 3.8) is 0 Å². The molecule has 0 heterocycles. The van der Waals surface area contributed by atoms with E-state index in [0.29, 0.717) is 5.75 Å². The first-order chi connectivity index (χ1) is 8.94. The Hall–Kier alpha value is -1.00. The Kier molecular flexibility index (Phi) is 4.53. The van der Waals surface area contributed by atoms with E-state index in [2.05, 4.69) is 17.4 Å². The molecule has 0 atom stereocenters. The first kappa shape index (κ1) is 14.4. The lowest BCUT2D eigenvalue weighted by Gasteiger charge is -2.17.